The molecule has 0 radical (unpaired) electrons. The van der Waals surface area contributed by atoms with Crippen molar-refractivity contribution in [1.82, 2.24) is 5.32 Å². The van der Waals surface area contributed by atoms with E-state index in [0.29, 0.717) is 6.04 Å². The minimum atomic E-state index is 0.570. The second-order valence-electron chi connectivity index (χ2n) is 3.93. The lowest BCUT2D eigenvalue weighted by Crippen LogP contribution is -2.23. The van der Waals surface area contributed by atoms with E-state index in [1.807, 2.05) is 23.1 Å². The Hall–Kier alpha value is -0.480. The van der Waals surface area contributed by atoms with E-state index in [4.69, 9.17) is 0 Å². The minimum Gasteiger partial charge on any atom is -0.362 e. The van der Waals surface area contributed by atoms with Crippen molar-refractivity contribution >= 4 is 28.3 Å². The summed E-state index contributed by atoms with van der Waals surface area (Å²) in [4.78, 5) is 7.35. The number of amidine groups is 1. The van der Waals surface area contributed by atoms with Crippen molar-refractivity contribution < 1.29 is 0 Å². The SMILES string of the molecule is Cc1cc(CN=C2NC(C)CS2)sc1C. The molecule has 1 unspecified atom stereocenters. The maximum absolute atomic E-state index is 4.58. The highest BCUT2D eigenvalue weighted by atomic mass is 32.2. The van der Waals surface area contributed by atoms with E-state index < -0.39 is 0 Å². The average Bonchev–Trinajstić information content (AvgIpc) is 2.72. The Kier molecular flexibility index (Phi) is 3.36. The second-order valence-corrected chi connectivity index (χ2v) is 6.28. The summed E-state index contributed by atoms with van der Waals surface area (Å²) in [5.41, 5.74) is 1.38. The molecule has 1 N–H and O–H groups in total. The largest absolute Gasteiger partial charge is 0.362 e. The molecule has 1 aromatic heterocycles. The van der Waals surface area contributed by atoms with Crippen LogP contribution in [0.5, 0.6) is 0 Å². The Balaban J connectivity index is 1.98. The molecule has 4 heteroatoms. The molecule has 1 atom stereocenters. The number of aliphatic imine (C=N–C) groups is 1. The fourth-order valence-electron chi connectivity index (χ4n) is 1.47. The van der Waals surface area contributed by atoms with Crippen molar-refractivity contribution in [2.45, 2.75) is 33.4 Å². The van der Waals surface area contributed by atoms with E-state index in [0.717, 1.165) is 17.5 Å². The first-order chi connectivity index (χ1) is 7.15. The fraction of sp³-hybridized carbons (Fsp3) is 0.545. The topological polar surface area (TPSA) is 24.4 Å². The molecular weight excluding hydrogens is 224 g/mol. The third-order valence-corrected chi connectivity index (χ3v) is 4.76. The van der Waals surface area contributed by atoms with Crippen LogP contribution in [0.4, 0.5) is 0 Å². The van der Waals surface area contributed by atoms with Gasteiger partial charge in [-0.2, -0.15) is 0 Å². The molecule has 2 rings (SSSR count). The average molecular weight is 240 g/mol. The van der Waals surface area contributed by atoms with Crippen molar-refractivity contribution in [3.05, 3.63) is 21.4 Å². The molecule has 1 aromatic rings. The van der Waals surface area contributed by atoms with Crippen LogP contribution in [-0.4, -0.2) is 17.0 Å². The summed E-state index contributed by atoms with van der Waals surface area (Å²) in [5, 5.41) is 4.47. The predicted octanol–water partition coefficient (Wildman–Crippen LogP) is 2.95. The molecule has 82 valence electrons. The van der Waals surface area contributed by atoms with E-state index >= 15 is 0 Å². The van der Waals surface area contributed by atoms with Gasteiger partial charge in [0.25, 0.3) is 0 Å². The molecule has 0 aliphatic carbocycles. The van der Waals surface area contributed by atoms with Crippen LogP contribution in [0.15, 0.2) is 11.1 Å². The standard InChI is InChI=1S/C11H16N2S2/c1-7-4-10(15-9(7)3)5-12-11-13-8(2)6-14-11/h4,8H,5-6H2,1-3H3,(H,12,13). The van der Waals surface area contributed by atoms with Crippen LogP contribution in [0.2, 0.25) is 0 Å². The minimum absolute atomic E-state index is 0.570. The molecule has 15 heavy (non-hydrogen) atoms. The van der Waals surface area contributed by atoms with Crippen molar-refractivity contribution in [3.63, 3.8) is 0 Å². The second kappa shape index (κ2) is 4.58. The smallest absolute Gasteiger partial charge is 0.157 e. The van der Waals surface area contributed by atoms with E-state index in [9.17, 15) is 0 Å². The molecule has 0 amide bonds. The van der Waals surface area contributed by atoms with Crippen molar-refractivity contribution in [2.75, 3.05) is 5.75 Å². The van der Waals surface area contributed by atoms with Crippen molar-refractivity contribution in [3.8, 4) is 0 Å². The number of aryl methyl sites for hydroxylation is 2. The van der Waals surface area contributed by atoms with Gasteiger partial charge in [-0.15, -0.1) is 11.3 Å². The zero-order valence-corrected chi connectivity index (χ0v) is 11.0. The third kappa shape index (κ3) is 2.75. The highest BCUT2D eigenvalue weighted by Crippen LogP contribution is 2.22. The summed E-state index contributed by atoms with van der Waals surface area (Å²) >= 11 is 3.68. The molecule has 1 saturated heterocycles. The molecule has 2 heterocycles. The van der Waals surface area contributed by atoms with E-state index in [2.05, 4.69) is 37.1 Å². The fourth-order valence-corrected chi connectivity index (χ4v) is 3.38. The zero-order valence-electron chi connectivity index (χ0n) is 9.33. The van der Waals surface area contributed by atoms with E-state index in [1.54, 1.807) is 0 Å². The van der Waals surface area contributed by atoms with Crippen LogP contribution < -0.4 is 5.32 Å². The van der Waals surface area contributed by atoms with Gasteiger partial charge in [-0.05, 0) is 32.4 Å². The Bertz CT molecular complexity index is 362. The van der Waals surface area contributed by atoms with Gasteiger partial charge in [0.1, 0.15) is 0 Å². The zero-order chi connectivity index (χ0) is 10.8. The van der Waals surface area contributed by atoms with E-state index in [1.165, 1.54) is 15.3 Å². The van der Waals surface area contributed by atoms with Gasteiger partial charge < -0.3 is 5.32 Å². The lowest BCUT2D eigenvalue weighted by Gasteiger charge is -1.99. The third-order valence-electron chi connectivity index (χ3n) is 2.44. The van der Waals surface area contributed by atoms with Gasteiger partial charge in [0, 0.05) is 21.5 Å². The normalized spacial score (nSPS) is 23.4. The Labute approximate surface area is 99.2 Å². The summed E-state index contributed by atoms with van der Waals surface area (Å²) in [5.74, 6) is 1.14. The number of thiophene rings is 1. The first-order valence-corrected chi connectivity index (χ1v) is 6.95. The number of hydrogen-bond acceptors (Lipinski definition) is 3. The molecule has 1 aliphatic heterocycles. The lowest BCUT2D eigenvalue weighted by molar-refractivity contribution is 0.764. The van der Waals surface area contributed by atoms with Gasteiger partial charge in [-0.25, -0.2) is 0 Å². The Morgan fingerprint density at radius 2 is 2.33 bits per heavy atom. The van der Waals surface area contributed by atoms with Gasteiger partial charge in [-0.1, -0.05) is 11.8 Å². The summed E-state index contributed by atoms with van der Waals surface area (Å²) in [6.45, 7) is 7.34. The molecule has 2 nitrogen and oxygen atoms in total. The van der Waals surface area contributed by atoms with Crippen LogP contribution in [0.25, 0.3) is 0 Å². The monoisotopic (exact) mass is 240 g/mol. The van der Waals surface area contributed by atoms with Gasteiger partial charge in [0.15, 0.2) is 5.17 Å². The van der Waals surface area contributed by atoms with Crippen LogP contribution in [0.3, 0.4) is 0 Å². The van der Waals surface area contributed by atoms with Gasteiger partial charge in [0.2, 0.25) is 0 Å². The first-order valence-electron chi connectivity index (χ1n) is 5.15. The highest BCUT2D eigenvalue weighted by molar-refractivity contribution is 8.14. The highest BCUT2D eigenvalue weighted by Gasteiger charge is 2.14. The molecule has 1 aliphatic rings. The summed E-state index contributed by atoms with van der Waals surface area (Å²) in [6.07, 6.45) is 0. The number of hydrogen-bond donors (Lipinski definition) is 1. The van der Waals surface area contributed by atoms with Gasteiger partial charge in [0.05, 0.1) is 6.54 Å². The maximum Gasteiger partial charge on any atom is 0.157 e. The Morgan fingerprint density at radius 3 is 2.87 bits per heavy atom. The molecule has 0 bridgehead atoms. The number of nitrogens with one attached hydrogen (secondary N) is 1. The number of thioether (sulfide) groups is 1. The van der Waals surface area contributed by atoms with Crippen LogP contribution in [0.1, 0.15) is 22.2 Å². The first kappa shape index (κ1) is 11.0. The van der Waals surface area contributed by atoms with Crippen LogP contribution >= 0.6 is 23.1 Å². The molecule has 1 fully saturated rings. The lowest BCUT2D eigenvalue weighted by atomic mass is 10.3. The summed E-state index contributed by atoms with van der Waals surface area (Å²) in [7, 11) is 0. The van der Waals surface area contributed by atoms with Crippen molar-refractivity contribution in [2.24, 2.45) is 4.99 Å². The van der Waals surface area contributed by atoms with Crippen molar-refractivity contribution in [1.29, 1.82) is 0 Å². The quantitative estimate of drug-likeness (QED) is 0.859. The van der Waals surface area contributed by atoms with Crippen LogP contribution in [-0.2, 0) is 6.54 Å². The number of rotatable bonds is 2. The summed E-state index contributed by atoms with van der Waals surface area (Å²) in [6, 6.07) is 2.81. The van der Waals surface area contributed by atoms with Crippen LogP contribution in [0, 0.1) is 13.8 Å². The number of nitrogens with zero attached hydrogens (tertiary/aromatic N) is 1. The Morgan fingerprint density at radius 1 is 1.53 bits per heavy atom. The molecule has 0 aromatic carbocycles. The predicted molar refractivity (Wildman–Crippen MR) is 70.0 cm³/mol. The van der Waals surface area contributed by atoms with Gasteiger partial charge >= 0.3 is 0 Å². The van der Waals surface area contributed by atoms with E-state index in [-0.39, 0.29) is 0 Å². The molecular formula is C11H16N2S2. The summed E-state index contributed by atoms with van der Waals surface area (Å²) < 4.78 is 0. The van der Waals surface area contributed by atoms with Gasteiger partial charge in [-0.3, -0.25) is 4.99 Å². The molecule has 0 saturated carbocycles. The molecule has 0 spiro atoms. The maximum atomic E-state index is 4.58.